The van der Waals surface area contributed by atoms with Gasteiger partial charge in [-0.05, 0) is 79.8 Å². The van der Waals surface area contributed by atoms with Gasteiger partial charge in [0.15, 0.2) is 11.6 Å². The molecule has 4 fully saturated rings. The van der Waals surface area contributed by atoms with Crippen LogP contribution in [0.4, 0.5) is 20.2 Å². The molecular formula is C43H46F2N10O7S. The first-order valence-electron chi connectivity index (χ1n) is 21.2. The molecule has 4 saturated heterocycles. The summed E-state index contributed by atoms with van der Waals surface area (Å²) in [5.74, 6) is -2.31. The van der Waals surface area contributed by atoms with E-state index in [1.807, 2.05) is 24.3 Å². The van der Waals surface area contributed by atoms with Crippen LogP contribution in [0.2, 0.25) is 0 Å². The van der Waals surface area contributed by atoms with Gasteiger partial charge < -0.3 is 19.4 Å². The smallest absolute Gasteiger partial charge is 0.301 e. The molecule has 5 aliphatic rings. The van der Waals surface area contributed by atoms with Crippen LogP contribution < -0.4 is 25.2 Å². The second kappa shape index (κ2) is 17.3. The second-order valence-electron chi connectivity index (χ2n) is 16.6. The first kappa shape index (κ1) is 42.3. The average molecular weight is 885 g/mol. The van der Waals surface area contributed by atoms with Crippen LogP contribution in [0.15, 0.2) is 59.7 Å². The maximum absolute atomic E-state index is 15.2. The molecule has 6 heterocycles. The number of hydrogen-bond donors (Lipinski definition) is 2. The van der Waals surface area contributed by atoms with E-state index in [-0.39, 0.29) is 66.2 Å². The number of imide groups is 1. The summed E-state index contributed by atoms with van der Waals surface area (Å²) in [5, 5.41) is 12.5. The number of rotatable bonds is 11. The highest BCUT2D eigenvalue weighted by atomic mass is 32.2. The SMILES string of the molecule is N#Cc1c(NS(=O)(=O)N2CC[C@@H](F)C2)ccc(F)c1Oc1ccc2ncn(C3CCN(CCN4CCN(c5ccc6c(c5)CN(C5CCC(=O)NC5=O)C6=O)CC4)CC3)c(=O)c2c1. The number of nitrogens with zero attached hydrogens (tertiary/aromatic N) is 8. The number of piperazine rings is 1. The van der Waals surface area contributed by atoms with Gasteiger partial charge >= 0.3 is 10.2 Å². The molecule has 4 aromatic rings. The van der Waals surface area contributed by atoms with Gasteiger partial charge in [0.2, 0.25) is 11.8 Å². The summed E-state index contributed by atoms with van der Waals surface area (Å²) in [6.07, 6.45) is 2.32. The van der Waals surface area contributed by atoms with Crippen LogP contribution in [0.25, 0.3) is 10.9 Å². The summed E-state index contributed by atoms with van der Waals surface area (Å²) in [5.41, 5.74) is 2.01. The zero-order chi connectivity index (χ0) is 44.0. The Kier molecular flexibility index (Phi) is 11.6. The number of benzene rings is 3. The molecule has 2 N–H and O–H groups in total. The van der Waals surface area contributed by atoms with E-state index in [1.165, 1.54) is 12.1 Å². The van der Waals surface area contributed by atoms with E-state index in [0.29, 0.717) is 24.0 Å². The lowest BCUT2D eigenvalue weighted by molar-refractivity contribution is -0.136. The Morgan fingerprint density at radius 1 is 0.905 bits per heavy atom. The van der Waals surface area contributed by atoms with E-state index < -0.39 is 45.5 Å². The van der Waals surface area contributed by atoms with Crippen LogP contribution in [-0.4, -0.2) is 132 Å². The van der Waals surface area contributed by atoms with Crippen LogP contribution in [0, 0.1) is 17.1 Å². The lowest BCUT2D eigenvalue weighted by Crippen LogP contribution is -2.52. The zero-order valence-corrected chi connectivity index (χ0v) is 35.2. The average Bonchev–Trinajstić information content (AvgIpc) is 3.87. The molecule has 17 nitrogen and oxygen atoms in total. The number of aromatic nitrogens is 2. The van der Waals surface area contributed by atoms with Gasteiger partial charge in [-0.15, -0.1) is 0 Å². The number of likely N-dealkylation sites (tertiary alicyclic amines) is 1. The van der Waals surface area contributed by atoms with Crippen molar-refractivity contribution in [1.29, 1.82) is 5.26 Å². The quantitative estimate of drug-likeness (QED) is 0.210. The van der Waals surface area contributed by atoms with Crippen molar-refractivity contribution in [1.82, 2.24) is 33.9 Å². The van der Waals surface area contributed by atoms with Crippen LogP contribution in [-0.2, 0) is 26.3 Å². The predicted octanol–water partition coefficient (Wildman–Crippen LogP) is 3.12. The fourth-order valence-electron chi connectivity index (χ4n) is 9.21. The summed E-state index contributed by atoms with van der Waals surface area (Å²) in [4.78, 5) is 64.3. The van der Waals surface area contributed by atoms with E-state index in [1.54, 1.807) is 21.9 Å². The number of halogens is 2. The summed E-state index contributed by atoms with van der Waals surface area (Å²) in [6, 6.07) is 13.5. The zero-order valence-electron chi connectivity index (χ0n) is 34.3. The van der Waals surface area contributed by atoms with Gasteiger partial charge in [-0.3, -0.25) is 38.7 Å². The van der Waals surface area contributed by atoms with Gasteiger partial charge in [-0.1, -0.05) is 0 Å². The molecule has 63 heavy (non-hydrogen) atoms. The lowest BCUT2D eigenvalue weighted by atomic mass is 10.0. The van der Waals surface area contributed by atoms with Crippen LogP contribution in [0.1, 0.15) is 59.6 Å². The summed E-state index contributed by atoms with van der Waals surface area (Å²) in [7, 11) is -4.23. The summed E-state index contributed by atoms with van der Waals surface area (Å²) in [6.45, 7) is 6.80. The van der Waals surface area contributed by atoms with Crippen molar-refractivity contribution in [3.05, 3.63) is 87.7 Å². The Morgan fingerprint density at radius 3 is 2.38 bits per heavy atom. The highest BCUT2D eigenvalue weighted by Gasteiger charge is 2.39. The van der Waals surface area contributed by atoms with Gasteiger partial charge in [0, 0.05) is 95.7 Å². The number of alkyl halides is 1. The minimum atomic E-state index is -4.23. The van der Waals surface area contributed by atoms with E-state index in [9.17, 15) is 37.2 Å². The number of piperidine rings is 2. The van der Waals surface area contributed by atoms with Crippen LogP contribution >= 0.6 is 0 Å². The Hall–Kier alpha value is -6.01. The molecule has 1 aromatic heterocycles. The molecule has 9 rings (SSSR count). The van der Waals surface area contributed by atoms with Crippen molar-refractivity contribution in [3.8, 4) is 17.6 Å². The van der Waals surface area contributed by atoms with Gasteiger partial charge in [0.05, 0.1) is 22.9 Å². The van der Waals surface area contributed by atoms with Crippen molar-refractivity contribution in [2.45, 2.75) is 56.9 Å². The molecular weight excluding hydrogens is 839 g/mol. The Balaban J connectivity index is 0.778. The van der Waals surface area contributed by atoms with Crippen LogP contribution in [0.3, 0.4) is 0 Å². The number of carbonyl (C=O) groups is 3. The molecule has 0 radical (unpaired) electrons. The highest BCUT2D eigenvalue weighted by Crippen LogP contribution is 2.35. The topological polar surface area (TPSA) is 194 Å². The van der Waals surface area contributed by atoms with E-state index in [2.05, 4.69) is 29.7 Å². The third-order valence-electron chi connectivity index (χ3n) is 12.8. The number of nitrogens with one attached hydrogen (secondary N) is 2. The lowest BCUT2D eigenvalue weighted by Gasteiger charge is -2.38. The molecule has 5 aliphatic heterocycles. The Bertz CT molecular complexity index is 2700. The number of fused-ring (bicyclic) bond motifs is 2. The molecule has 330 valence electrons. The largest absolute Gasteiger partial charge is 0.453 e. The molecule has 0 spiro atoms. The second-order valence-corrected chi connectivity index (χ2v) is 18.3. The molecule has 2 atom stereocenters. The van der Waals surface area contributed by atoms with Gasteiger partial charge in [-0.25, -0.2) is 13.8 Å². The maximum atomic E-state index is 15.2. The Morgan fingerprint density at radius 2 is 1.67 bits per heavy atom. The first-order chi connectivity index (χ1) is 30.3. The normalized spacial score (nSPS) is 21.8. The molecule has 3 aromatic carbocycles. The van der Waals surface area contributed by atoms with E-state index >= 15 is 4.39 Å². The maximum Gasteiger partial charge on any atom is 0.301 e. The third kappa shape index (κ3) is 8.57. The van der Waals surface area contributed by atoms with E-state index in [4.69, 9.17) is 4.74 Å². The highest BCUT2D eigenvalue weighted by molar-refractivity contribution is 7.90. The third-order valence-corrected chi connectivity index (χ3v) is 14.3. The number of nitriles is 1. The minimum absolute atomic E-state index is 0.0339. The number of hydrogen-bond acceptors (Lipinski definition) is 12. The standard InChI is InChI=1S/C43H46F2N10O7S/c44-28-9-14-53(25-28)63(60,61)49-37-6-4-35(45)40(34(37)23-46)62-31-2-5-36-33(22-31)43(59)55(26-47-36)29-10-12-50(13-11-29)15-16-51-17-19-52(20-18-51)30-1-3-32-27(21-30)24-54(42(32)58)38-7-8-39(56)48-41(38)57/h1-6,21-22,26,28-29,38,49H,7-20,24-25H2,(H,48,56,57)/t28-,38?/m1/s1. The molecule has 0 bridgehead atoms. The first-order valence-corrected chi connectivity index (χ1v) is 22.6. The minimum Gasteiger partial charge on any atom is -0.453 e. The molecule has 1 unspecified atom stereocenters. The van der Waals surface area contributed by atoms with Crippen LogP contribution in [0.5, 0.6) is 11.5 Å². The monoisotopic (exact) mass is 884 g/mol. The molecule has 0 saturated carbocycles. The van der Waals surface area contributed by atoms with Crippen molar-refractivity contribution in [2.75, 3.05) is 75.1 Å². The molecule has 20 heteroatoms. The Labute approximate surface area is 362 Å². The fraction of sp³-hybridized carbons (Fsp3) is 0.442. The number of anilines is 2. The predicted molar refractivity (Wildman–Crippen MR) is 227 cm³/mol. The van der Waals surface area contributed by atoms with Crippen molar-refractivity contribution in [3.63, 3.8) is 0 Å². The van der Waals surface area contributed by atoms with Crippen molar-refractivity contribution in [2.24, 2.45) is 0 Å². The van der Waals surface area contributed by atoms with Crippen molar-refractivity contribution < 1.29 is 36.3 Å². The van der Waals surface area contributed by atoms with Gasteiger partial charge in [0.25, 0.3) is 11.5 Å². The number of ether oxygens (including phenoxy) is 1. The van der Waals surface area contributed by atoms with Crippen molar-refractivity contribution >= 4 is 50.2 Å². The number of carbonyl (C=O) groups excluding carboxylic acids is 3. The molecule has 3 amide bonds. The van der Waals surface area contributed by atoms with Gasteiger partial charge in [-0.2, -0.15) is 18.0 Å². The summed E-state index contributed by atoms with van der Waals surface area (Å²) >= 11 is 0. The fourth-order valence-corrected chi connectivity index (χ4v) is 10.5. The summed E-state index contributed by atoms with van der Waals surface area (Å²) < 4.78 is 65.3. The molecule has 0 aliphatic carbocycles. The van der Waals surface area contributed by atoms with E-state index in [0.717, 1.165) is 92.9 Å². The van der Waals surface area contributed by atoms with Gasteiger partial charge in [0.1, 0.15) is 29.6 Å². The number of amides is 3.